The van der Waals surface area contributed by atoms with Crippen molar-refractivity contribution in [2.75, 3.05) is 13.2 Å². The van der Waals surface area contributed by atoms with Gasteiger partial charge in [0.1, 0.15) is 18.6 Å². The van der Waals surface area contributed by atoms with E-state index in [0.29, 0.717) is 0 Å². The number of aliphatic hydroxyl groups is 1. The predicted octanol–water partition coefficient (Wildman–Crippen LogP) is -1.93. The lowest BCUT2D eigenvalue weighted by Gasteiger charge is -2.23. The Labute approximate surface area is 193 Å². The standard InChI is InChI=1S/C21H27N5O8/c22-13(7-11-8-23-14-4-2-1-3-12(11)14)19(32)25-15(5-6-17(28)29)21(34)26-16(10-27)20(33)24-9-18(30)31/h1-4,8,13,15-16,23,27H,5-7,9-10,22H2,(H,24,33)(H,25,32)(H,26,34)(H,28,29)(H,30,31). The fraction of sp³-hybridized carbons (Fsp3) is 0.381. The van der Waals surface area contributed by atoms with Gasteiger partial charge in [0.2, 0.25) is 17.7 Å². The summed E-state index contributed by atoms with van der Waals surface area (Å²) in [6.45, 7) is -1.58. The largest absolute Gasteiger partial charge is 0.481 e. The number of aliphatic carboxylic acids is 2. The van der Waals surface area contributed by atoms with Gasteiger partial charge in [0.25, 0.3) is 0 Å². The summed E-state index contributed by atoms with van der Waals surface area (Å²) >= 11 is 0. The summed E-state index contributed by atoms with van der Waals surface area (Å²) in [6.07, 6.45) is 1.08. The second-order valence-electron chi connectivity index (χ2n) is 7.52. The number of hydrogen-bond acceptors (Lipinski definition) is 7. The highest BCUT2D eigenvalue weighted by atomic mass is 16.4. The van der Waals surface area contributed by atoms with Crippen LogP contribution in [-0.2, 0) is 30.4 Å². The molecular formula is C21H27N5O8. The lowest BCUT2D eigenvalue weighted by molar-refractivity contribution is -0.139. The summed E-state index contributed by atoms with van der Waals surface area (Å²) < 4.78 is 0. The molecule has 1 heterocycles. The average molecular weight is 477 g/mol. The molecule has 3 atom stereocenters. The van der Waals surface area contributed by atoms with E-state index < -0.39 is 67.4 Å². The van der Waals surface area contributed by atoms with E-state index in [-0.39, 0.29) is 12.8 Å². The zero-order chi connectivity index (χ0) is 25.3. The summed E-state index contributed by atoms with van der Waals surface area (Å²) in [4.78, 5) is 61.9. The molecule has 0 aliphatic heterocycles. The zero-order valence-electron chi connectivity index (χ0n) is 18.1. The van der Waals surface area contributed by atoms with E-state index >= 15 is 0 Å². The normalized spacial score (nSPS) is 13.5. The number of fused-ring (bicyclic) bond motifs is 1. The van der Waals surface area contributed by atoms with Crippen LogP contribution in [0.5, 0.6) is 0 Å². The number of hydrogen-bond donors (Lipinski definition) is 8. The van der Waals surface area contributed by atoms with Crippen molar-refractivity contribution < 1.29 is 39.3 Å². The fourth-order valence-corrected chi connectivity index (χ4v) is 3.20. The quantitative estimate of drug-likeness (QED) is 0.160. The van der Waals surface area contributed by atoms with Crippen LogP contribution in [0.2, 0.25) is 0 Å². The molecule has 2 rings (SSSR count). The van der Waals surface area contributed by atoms with Gasteiger partial charge < -0.3 is 42.0 Å². The van der Waals surface area contributed by atoms with Crippen LogP contribution < -0.4 is 21.7 Å². The van der Waals surface area contributed by atoms with Crippen molar-refractivity contribution in [3.8, 4) is 0 Å². The van der Waals surface area contributed by atoms with Gasteiger partial charge in [-0.05, 0) is 24.5 Å². The van der Waals surface area contributed by atoms with E-state index in [4.69, 9.17) is 15.9 Å². The Morgan fingerprint density at radius 1 is 0.941 bits per heavy atom. The van der Waals surface area contributed by atoms with Crippen LogP contribution in [0.15, 0.2) is 30.5 Å². The highest BCUT2D eigenvalue weighted by molar-refractivity contribution is 5.94. The zero-order valence-corrected chi connectivity index (χ0v) is 18.1. The minimum Gasteiger partial charge on any atom is -0.481 e. The number of carboxylic acids is 2. The van der Waals surface area contributed by atoms with Gasteiger partial charge in [-0.1, -0.05) is 18.2 Å². The maximum absolute atomic E-state index is 12.7. The molecule has 0 radical (unpaired) electrons. The SMILES string of the molecule is NC(Cc1c[nH]c2ccccc12)C(=O)NC(CCC(=O)O)C(=O)NC(CO)C(=O)NCC(=O)O. The van der Waals surface area contributed by atoms with Crippen LogP contribution in [-0.4, -0.2) is 81.2 Å². The third-order valence-electron chi connectivity index (χ3n) is 4.96. The molecule has 34 heavy (non-hydrogen) atoms. The van der Waals surface area contributed by atoms with Crippen molar-refractivity contribution in [2.45, 2.75) is 37.4 Å². The number of para-hydroxylation sites is 1. The summed E-state index contributed by atoms with van der Waals surface area (Å²) in [5, 5.41) is 34.4. The van der Waals surface area contributed by atoms with Gasteiger partial charge in [-0.2, -0.15) is 0 Å². The number of H-pyrrole nitrogens is 1. The Morgan fingerprint density at radius 2 is 1.62 bits per heavy atom. The number of aliphatic hydroxyl groups excluding tert-OH is 1. The average Bonchev–Trinajstić information content (AvgIpc) is 3.20. The number of amides is 3. The molecule has 3 amide bonds. The first-order valence-corrected chi connectivity index (χ1v) is 10.4. The molecule has 0 aliphatic rings. The van der Waals surface area contributed by atoms with Crippen LogP contribution in [0.25, 0.3) is 10.9 Å². The fourth-order valence-electron chi connectivity index (χ4n) is 3.20. The number of nitrogens with two attached hydrogens (primary N) is 1. The highest BCUT2D eigenvalue weighted by Crippen LogP contribution is 2.18. The van der Waals surface area contributed by atoms with Crippen molar-refractivity contribution >= 4 is 40.6 Å². The molecule has 2 aromatic rings. The van der Waals surface area contributed by atoms with E-state index in [2.05, 4.69) is 15.6 Å². The van der Waals surface area contributed by atoms with Crippen LogP contribution in [0.1, 0.15) is 18.4 Å². The maximum Gasteiger partial charge on any atom is 0.322 e. The number of aromatic amines is 1. The lowest BCUT2D eigenvalue weighted by Crippen LogP contribution is -2.57. The Balaban J connectivity index is 2.05. The molecule has 0 bridgehead atoms. The summed E-state index contributed by atoms with van der Waals surface area (Å²) in [6, 6.07) is 3.48. The summed E-state index contributed by atoms with van der Waals surface area (Å²) in [5.74, 6) is -5.15. The van der Waals surface area contributed by atoms with E-state index in [9.17, 15) is 29.1 Å². The third kappa shape index (κ3) is 7.56. The minimum atomic E-state index is -1.50. The monoisotopic (exact) mass is 477 g/mol. The van der Waals surface area contributed by atoms with Gasteiger partial charge in [-0.3, -0.25) is 24.0 Å². The molecule has 1 aromatic heterocycles. The summed E-state index contributed by atoms with van der Waals surface area (Å²) in [7, 11) is 0. The van der Waals surface area contributed by atoms with Crippen LogP contribution >= 0.6 is 0 Å². The van der Waals surface area contributed by atoms with Crippen molar-refractivity contribution in [1.82, 2.24) is 20.9 Å². The van der Waals surface area contributed by atoms with Gasteiger partial charge in [0.15, 0.2) is 0 Å². The number of aromatic nitrogens is 1. The van der Waals surface area contributed by atoms with Gasteiger partial charge in [0, 0.05) is 23.5 Å². The molecule has 1 aromatic carbocycles. The van der Waals surface area contributed by atoms with Crippen LogP contribution in [0, 0.1) is 0 Å². The molecule has 184 valence electrons. The number of carbonyl (C=O) groups is 5. The van der Waals surface area contributed by atoms with Gasteiger partial charge in [0.05, 0.1) is 12.6 Å². The number of carboxylic acid groups (broad SMARTS) is 2. The third-order valence-corrected chi connectivity index (χ3v) is 4.96. The van der Waals surface area contributed by atoms with E-state index in [0.717, 1.165) is 16.5 Å². The molecule has 0 aliphatic carbocycles. The first kappa shape index (κ1) is 26.3. The summed E-state index contributed by atoms with van der Waals surface area (Å²) in [5.41, 5.74) is 7.65. The van der Waals surface area contributed by atoms with Gasteiger partial charge in [-0.25, -0.2) is 0 Å². The smallest absolute Gasteiger partial charge is 0.322 e. The highest BCUT2D eigenvalue weighted by Gasteiger charge is 2.28. The molecule has 0 spiro atoms. The molecule has 13 nitrogen and oxygen atoms in total. The predicted molar refractivity (Wildman–Crippen MR) is 118 cm³/mol. The number of nitrogens with one attached hydrogen (secondary N) is 4. The maximum atomic E-state index is 12.7. The lowest BCUT2D eigenvalue weighted by atomic mass is 10.0. The van der Waals surface area contributed by atoms with E-state index in [1.165, 1.54) is 0 Å². The van der Waals surface area contributed by atoms with Crippen molar-refractivity contribution in [1.29, 1.82) is 0 Å². The first-order valence-electron chi connectivity index (χ1n) is 10.4. The number of rotatable bonds is 13. The Hall–Kier alpha value is -3.97. The number of carbonyl (C=O) groups excluding carboxylic acids is 3. The van der Waals surface area contributed by atoms with Crippen molar-refractivity contribution in [2.24, 2.45) is 5.73 Å². The molecule has 0 fully saturated rings. The first-order chi connectivity index (χ1) is 16.1. The van der Waals surface area contributed by atoms with Gasteiger partial charge in [-0.15, -0.1) is 0 Å². The number of benzene rings is 1. The van der Waals surface area contributed by atoms with Gasteiger partial charge >= 0.3 is 11.9 Å². The Kier molecular flexibility index (Phi) is 9.52. The Bertz CT molecular complexity index is 1050. The van der Waals surface area contributed by atoms with Crippen molar-refractivity contribution in [3.05, 3.63) is 36.0 Å². The Morgan fingerprint density at radius 3 is 2.26 bits per heavy atom. The molecule has 9 N–H and O–H groups in total. The van der Waals surface area contributed by atoms with E-state index in [1.807, 2.05) is 29.6 Å². The topological polar surface area (TPSA) is 224 Å². The minimum absolute atomic E-state index is 0.139. The van der Waals surface area contributed by atoms with E-state index in [1.54, 1.807) is 6.20 Å². The molecule has 0 saturated carbocycles. The van der Waals surface area contributed by atoms with Crippen LogP contribution in [0.3, 0.4) is 0 Å². The second kappa shape index (κ2) is 12.3. The molecule has 3 unspecified atom stereocenters. The molecule has 0 saturated heterocycles. The molecular weight excluding hydrogens is 450 g/mol. The molecule has 13 heteroatoms. The second-order valence-corrected chi connectivity index (χ2v) is 7.52. The van der Waals surface area contributed by atoms with Crippen LogP contribution in [0.4, 0.5) is 0 Å². The van der Waals surface area contributed by atoms with Crippen molar-refractivity contribution in [3.63, 3.8) is 0 Å².